The minimum Gasteiger partial charge on any atom is -0.491 e. The summed E-state index contributed by atoms with van der Waals surface area (Å²) < 4.78 is 6.49. The van der Waals surface area contributed by atoms with Crippen LogP contribution in [0.1, 0.15) is 0 Å². The summed E-state index contributed by atoms with van der Waals surface area (Å²) in [6, 6.07) is 18.1. The minimum absolute atomic E-state index is 0.260. The van der Waals surface area contributed by atoms with Crippen LogP contribution in [-0.4, -0.2) is 33.8 Å². The number of aliphatic hydroxyl groups is 1. The standard InChI is InChI=1S/C17H16N2O2S2/c20-15(11-22-17-19-18-12-23-17)10-21-16-8-6-14(7-9-16)13-4-2-1-3-5-13/h1-9,12,15,20H,10-11H2. The maximum atomic E-state index is 9.95. The van der Waals surface area contributed by atoms with Gasteiger partial charge in [-0.2, -0.15) is 0 Å². The van der Waals surface area contributed by atoms with Gasteiger partial charge in [-0.15, -0.1) is 10.2 Å². The summed E-state index contributed by atoms with van der Waals surface area (Å²) in [5, 5.41) is 17.6. The quantitative estimate of drug-likeness (QED) is 0.662. The Morgan fingerprint density at radius 1 is 1.04 bits per heavy atom. The molecule has 0 aliphatic carbocycles. The molecule has 23 heavy (non-hydrogen) atoms. The van der Waals surface area contributed by atoms with Crippen LogP contribution in [0.2, 0.25) is 0 Å². The van der Waals surface area contributed by atoms with Gasteiger partial charge in [0, 0.05) is 5.75 Å². The number of aliphatic hydroxyl groups excluding tert-OH is 1. The van der Waals surface area contributed by atoms with Crippen molar-refractivity contribution in [2.75, 3.05) is 12.4 Å². The Bertz CT molecular complexity index is 703. The number of thioether (sulfide) groups is 1. The van der Waals surface area contributed by atoms with E-state index in [9.17, 15) is 5.11 Å². The van der Waals surface area contributed by atoms with E-state index in [2.05, 4.69) is 22.3 Å². The van der Waals surface area contributed by atoms with Crippen molar-refractivity contribution < 1.29 is 9.84 Å². The Balaban J connectivity index is 1.48. The highest BCUT2D eigenvalue weighted by Crippen LogP contribution is 2.23. The molecule has 4 nitrogen and oxygen atoms in total. The molecule has 1 unspecified atom stereocenters. The lowest BCUT2D eigenvalue weighted by molar-refractivity contribution is 0.126. The van der Waals surface area contributed by atoms with E-state index in [0.29, 0.717) is 5.75 Å². The molecular weight excluding hydrogens is 328 g/mol. The number of ether oxygens (including phenoxy) is 1. The molecule has 0 saturated heterocycles. The van der Waals surface area contributed by atoms with Crippen LogP contribution in [-0.2, 0) is 0 Å². The van der Waals surface area contributed by atoms with Gasteiger partial charge in [0.1, 0.15) is 17.9 Å². The molecule has 0 aliphatic heterocycles. The Labute approximate surface area is 143 Å². The molecule has 0 bridgehead atoms. The van der Waals surface area contributed by atoms with E-state index in [1.165, 1.54) is 28.7 Å². The van der Waals surface area contributed by atoms with Crippen LogP contribution >= 0.6 is 23.1 Å². The molecule has 118 valence electrons. The van der Waals surface area contributed by atoms with E-state index < -0.39 is 6.10 Å². The van der Waals surface area contributed by atoms with Crippen molar-refractivity contribution in [1.82, 2.24) is 10.2 Å². The largest absolute Gasteiger partial charge is 0.491 e. The molecule has 2 aromatic carbocycles. The number of nitrogens with zero attached hydrogens (tertiary/aromatic N) is 2. The molecule has 0 aliphatic rings. The van der Waals surface area contributed by atoms with Crippen molar-refractivity contribution in [3.05, 3.63) is 60.1 Å². The predicted molar refractivity (Wildman–Crippen MR) is 94.0 cm³/mol. The van der Waals surface area contributed by atoms with Gasteiger partial charge in [0.25, 0.3) is 0 Å². The van der Waals surface area contributed by atoms with Crippen LogP contribution in [0, 0.1) is 0 Å². The van der Waals surface area contributed by atoms with E-state index in [-0.39, 0.29) is 6.61 Å². The highest BCUT2D eigenvalue weighted by atomic mass is 32.2. The zero-order chi connectivity index (χ0) is 15.9. The molecule has 3 aromatic rings. The van der Waals surface area contributed by atoms with Crippen LogP contribution in [0.15, 0.2) is 64.4 Å². The lowest BCUT2D eigenvalue weighted by Crippen LogP contribution is -2.20. The molecular formula is C17H16N2O2S2. The van der Waals surface area contributed by atoms with Crippen LogP contribution in [0.25, 0.3) is 11.1 Å². The summed E-state index contributed by atoms with van der Waals surface area (Å²) >= 11 is 2.95. The Morgan fingerprint density at radius 2 is 1.78 bits per heavy atom. The van der Waals surface area contributed by atoms with Gasteiger partial charge < -0.3 is 9.84 Å². The Hall–Kier alpha value is -1.89. The van der Waals surface area contributed by atoms with Crippen molar-refractivity contribution in [2.45, 2.75) is 10.4 Å². The zero-order valence-electron chi connectivity index (χ0n) is 12.3. The molecule has 1 atom stereocenters. The molecule has 0 radical (unpaired) electrons. The fraction of sp³-hybridized carbons (Fsp3) is 0.176. The van der Waals surface area contributed by atoms with Crippen molar-refractivity contribution in [3.63, 3.8) is 0 Å². The van der Waals surface area contributed by atoms with Gasteiger partial charge in [-0.25, -0.2) is 0 Å². The summed E-state index contributed by atoms with van der Waals surface area (Å²) in [6.07, 6.45) is -0.544. The van der Waals surface area contributed by atoms with Gasteiger partial charge in [-0.05, 0) is 23.3 Å². The van der Waals surface area contributed by atoms with Gasteiger partial charge in [0.15, 0.2) is 4.34 Å². The summed E-state index contributed by atoms with van der Waals surface area (Å²) in [4.78, 5) is 0. The number of aromatic nitrogens is 2. The van der Waals surface area contributed by atoms with Crippen LogP contribution < -0.4 is 4.74 Å². The summed E-state index contributed by atoms with van der Waals surface area (Å²) in [5.74, 6) is 1.29. The summed E-state index contributed by atoms with van der Waals surface area (Å²) in [7, 11) is 0. The molecule has 0 amide bonds. The third kappa shape index (κ3) is 4.79. The highest BCUT2D eigenvalue weighted by molar-refractivity contribution is 8.01. The second-order valence-electron chi connectivity index (χ2n) is 4.87. The van der Waals surface area contributed by atoms with Gasteiger partial charge in [-0.1, -0.05) is 65.6 Å². The number of benzene rings is 2. The van der Waals surface area contributed by atoms with E-state index in [1.807, 2.05) is 42.5 Å². The fourth-order valence-electron chi connectivity index (χ4n) is 2.01. The first-order valence-corrected chi connectivity index (χ1v) is 9.03. The Morgan fingerprint density at radius 3 is 2.48 bits per heavy atom. The van der Waals surface area contributed by atoms with Gasteiger partial charge in [-0.3, -0.25) is 0 Å². The van der Waals surface area contributed by atoms with E-state index in [1.54, 1.807) is 5.51 Å². The molecule has 6 heteroatoms. The van der Waals surface area contributed by atoms with Crippen molar-refractivity contribution >= 4 is 23.1 Å². The lowest BCUT2D eigenvalue weighted by Gasteiger charge is -2.11. The highest BCUT2D eigenvalue weighted by Gasteiger charge is 2.08. The van der Waals surface area contributed by atoms with E-state index in [4.69, 9.17) is 4.74 Å². The molecule has 0 saturated carbocycles. The van der Waals surface area contributed by atoms with E-state index >= 15 is 0 Å². The third-order valence-electron chi connectivity index (χ3n) is 3.14. The summed E-state index contributed by atoms with van der Waals surface area (Å²) in [6.45, 7) is 0.260. The number of hydrogen-bond acceptors (Lipinski definition) is 6. The lowest BCUT2D eigenvalue weighted by atomic mass is 10.1. The topological polar surface area (TPSA) is 55.2 Å². The van der Waals surface area contributed by atoms with E-state index in [0.717, 1.165) is 15.7 Å². The second kappa shape index (κ2) is 8.10. The molecule has 0 spiro atoms. The van der Waals surface area contributed by atoms with Gasteiger partial charge in [0.2, 0.25) is 0 Å². The average molecular weight is 344 g/mol. The molecule has 1 heterocycles. The molecule has 0 fully saturated rings. The first-order chi connectivity index (χ1) is 11.3. The fourth-order valence-corrected chi connectivity index (χ4v) is 3.43. The van der Waals surface area contributed by atoms with Crippen molar-refractivity contribution in [2.24, 2.45) is 0 Å². The number of rotatable bonds is 7. The van der Waals surface area contributed by atoms with Gasteiger partial charge in [0.05, 0.1) is 6.10 Å². The monoisotopic (exact) mass is 344 g/mol. The van der Waals surface area contributed by atoms with Crippen molar-refractivity contribution in [1.29, 1.82) is 0 Å². The summed E-state index contributed by atoms with van der Waals surface area (Å²) in [5.41, 5.74) is 4.00. The second-order valence-corrected chi connectivity index (χ2v) is 6.97. The normalized spacial score (nSPS) is 12.0. The number of hydrogen-bond donors (Lipinski definition) is 1. The molecule has 1 N–H and O–H groups in total. The maximum Gasteiger partial charge on any atom is 0.174 e. The SMILES string of the molecule is OC(COc1ccc(-c2ccccc2)cc1)CSc1nncs1. The predicted octanol–water partition coefficient (Wildman–Crippen LogP) is 3.74. The first kappa shape index (κ1) is 16.0. The van der Waals surface area contributed by atoms with Crippen molar-refractivity contribution in [3.8, 4) is 16.9 Å². The first-order valence-electron chi connectivity index (χ1n) is 7.16. The molecule has 1 aromatic heterocycles. The van der Waals surface area contributed by atoms with Crippen LogP contribution in [0.5, 0.6) is 5.75 Å². The third-order valence-corrected chi connectivity index (χ3v) is 5.15. The maximum absolute atomic E-state index is 9.95. The average Bonchev–Trinajstić information content (AvgIpc) is 3.13. The Kier molecular flexibility index (Phi) is 5.63. The van der Waals surface area contributed by atoms with Crippen LogP contribution in [0.4, 0.5) is 0 Å². The minimum atomic E-state index is -0.544. The smallest absolute Gasteiger partial charge is 0.174 e. The van der Waals surface area contributed by atoms with Gasteiger partial charge >= 0.3 is 0 Å². The van der Waals surface area contributed by atoms with Crippen LogP contribution in [0.3, 0.4) is 0 Å². The zero-order valence-corrected chi connectivity index (χ0v) is 14.0. The molecule has 3 rings (SSSR count).